The van der Waals surface area contributed by atoms with Crippen LogP contribution in [-0.4, -0.2) is 24.0 Å². The molecule has 0 unspecified atom stereocenters. The van der Waals surface area contributed by atoms with Gasteiger partial charge in [-0.1, -0.05) is 5.92 Å². The second kappa shape index (κ2) is 3.79. The Bertz CT molecular complexity index is 136. The standard InChI is InChI=1S/C6H10N2O/c1-3-5-8(4-2)6(7)9/h1H,4-5H2,2H3,(H2,7,9). The fourth-order valence-electron chi connectivity index (χ4n) is 0.456. The average molecular weight is 126 g/mol. The molecule has 0 heterocycles. The number of rotatable bonds is 2. The van der Waals surface area contributed by atoms with Gasteiger partial charge in [-0.05, 0) is 6.92 Å². The lowest BCUT2D eigenvalue weighted by molar-refractivity contribution is 0.216. The van der Waals surface area contributed by atoms with Gasteiger partial charge in [-0.2, -0.15) is 0 Å². The second-order valence-corrected chi connectivity index (χ2v) is 1.56. The molecule has 0 aromatic heterocycles. The molecule has 9 heavy (non-hydrogen) atoms. The molecule has 0 saturated heterocycles. The molecule has 50 valence electrons. The number of nitrogens with zero attached hydrogens (tertiary/aromatic N) is 1. The van der Waals surface area contributed by atoms with E-state index in [-0.39, 0.29) is 0 Å². The molecule has 0 aliphatic carbocycles. The maximum atomic E-state index is 10.4. The van der Waals surface area contributed by atoms with Crippen molar-refractivity contribution in [1.82, 2.24) is 4.90 Å². The van der Waals surface area contributed by atoms with Crippen molar-refractivity contribution in [2.24, 2.45) is 5.73 Å². The average Bonchev–Trinajstić information content (AvgIpc) is 1.82. The predicted molar refractivity (Wildman–Crippen MR) is 35.7 cm³/mol. The van der Waals surface area contributed by atoms with E-state index in [1.54, 1.807) is 0 Å². The predicted octanol–water partition coefficient (Wildman–Crippen LogP) is 0.0202. The third-order valence-corrected chi connectivity index (χ3v) is 0.976. The van der Waals surface area contributed by atoms with Crippen molar-refractivity contribution in [2.75, 3.05) is 13.1 Å². The van der Waals surface area contributed by atoms with Gasteiger partial charge in [-0.15, -0.1) is 6.42 Å². The Morgan fingerprint density at radius 3 is 2.56 bits per heavy atom. The Morgan fingerprint density at radius 2 is 2.44 bits per heavy atom. The monoisotopic (exact) mass is 126 g/mol. The highest BCUT2D eigenvalue weighted by Gasteiger charge is 2.01. The van der Waals surface area contributed by atoms with Gasteiger partial charge in [0.05, 0.1) is 6.54 Å². The fourth-order valence-corrected chi connectivity index (χ4v) is 0.456. The number of terminal acetylenes is 1. The van der Waals surface area contributed by atoms with Crippen molar-refractivity contribution in [1.29, 1.82) is 0 Å². The molecule has 0 aromatic rings. The van der Waals surface area contributed by atoms with E-state index in [4.69, 9.17) is 12.2 Å². The quantitative estimate of drug-likeness (QED) is 0.521. The van der Waals surface area contributed by atoms with Gasteiger partial charge < -0.3 is 10.6 Å². The van der Waals surface area contributed by atoms with E-state index in [0.717, 1.165) is 0 Å². The Labute approximate surface area is 54.8 Å². The molecule has 0 aromatic carbocycles. The summed E-state index contributed by atoms with van der Waals surface area (Å²) in [5.74, 6) is 2.33. The molecule has 0 bridgehead atoms. The van der Waals surface area contributed by atoms with Crippen LogP contribution in [-0.2, 0) is 0 Å². The van der Waals surface area contributed by atoms with Crippen LogP contribution in [0, 0.1) is 12.3 Å². The summed E-state index contributed by atoms with van der Waals surface area (Å²) in [4.78, 5) is 11.7. The largest absolute Gasteiger partial charge is 0.351 e. The summed E-state index contributed by atoms with van der Waals surface area (Å²) in [6, 6.07) is -0.463. The SMILES string of the molecule is C#CCN(CC)C(N)=O. The highest BCUT2D eigenvalue weighted by Crippen LogP contribution is 1.82. The van der Waals surface area contributed by atoms with Gasteiger partial charge in [-0.3, -0.25) is 0 Å². The minimum Gasteiger partial charge on any atom is -0.351 e. The first-order valence-corrected chi connectivity index (χ1v) is 2.70. The topological polar surface area (TPSA) is 46.3 Å². The number of nitrogens with two attached hydrogens (primary N) is 1. The van der Waals surface area contributed by atoms with Crippen LogP contribution < -0.4 is 5.73 Å². The molecule has 0 radical (unpaired) electrons. The number of hydrogen-bond donors (Lipinski definition) is 1. The van der Waals surface area contributed by atoms with Gasteiger partial charge in [0.2, 0.25) is 0 Å². The van der Waals surface area contributed by atoms with Gasteiger partial charge in [0.25, 0.3) is 0 Å². The van der Waals surface area contributed by atoms with Crippen molar-refractivity contribution < 1.29 is 4.79 Å². The summed E-state index contributed by atoms with van der Waals surface area (Å²) in [5, 5.41) is 0. The fraction of sp³-hybridized carbons (Fsp3) is 0.500. The Morgan fingerprint density at radius 1 is 1.89 bits per heavy atom. The summed E-state index contributed by atoms with van der Waals surface area (Å²) < 4.78 is 0. The number of carbonyl (C=O) groups is 1. The molecule has 3 heteroatoms. The van der Waals surface area contributed by atoms with Crippen LogP contribution in [0.1, 0.15) is 6.92 Å². The van der Waals surface area contributed by atoms with Gasteiger partial charge in [0.15, 0.2) is 0 Å². The third-order valence-electron chi connectivity index (χ3n) is 0.976. The maximum Gasteiger partial charge on any atom is 0.315 e. The normalized spacial score (nSPS) is 8.00. The molecule has 2 amide bonds. The molecule has 3 nitrogen and oxygen atoms in total. The summed E-state index contributed by atoms with van der Waals surface area (Å²) in [6.07, 6.45) is 4.94. The van der Waals surface area contributed by atoms with E-state index in [0.29, 0.717) is 13.1 Å². The smallest absolute Gasteiger partial charge is 0.315 e. The summed E-state index contributed by atoms with van der Waals surface area (Å²) in [6.45, 7) is 2.69. The summed E-state index contributed by atoms with van der Waals surface area (Å²) >= 11 is 0. The minimum absolute atomic E-state index is 0.297. The highest BCUT2D eigenvalue weighted by molar-refractivity contribution is 5.72. The molecule has 0 aliphatic rings. The van der Waals surface area contributed by atoms with Gasteiger partial charge in [0.1, 0.15) is 0 Å². The van der Waals surface area contributed by atoms with Crippen LogP contribution in [0.4, 0.5) is 4.79 Å². The first kappa shape index (κ1) is 7.83. The molecule has 0 aliphatic heterocycles. The van der Waals surface area contributed by atoms with E-state index < -0.39 is 6.03 Å². The Balaban J connectivity index is 3.71. The molecule has 0 spiro atoms. The van der Waals surface area contributed by atoms with Gasteiger partial charge >= 0.3 is 6.03 Å². The first-order chi connectivity index (χ1) is 4.22. The van der Waals surface area contributed by atoms with Crippen molar-refractivity contribution in [3.05, 3.63) is 0 Å². The van der Waals surface area contributed by atoms with Crippen LogP contribution in [0.5, 0.6) is 0 Å². The zero-order valence-corrected chi connectivity index (χ0v) is 5.42. The van der Waals surface area contributed by atoms with Crippen molar-refractivity contribution >= 4 is 6.03 Å². The lowest BCUT2D eigenvalue weighted by Gasteiger charge is -2.13. The molecule has 0 saturated carbocycles. The van der Waals surface area contributed by atoms with Crippen LogP contribution >= 0.6 is 0 Å². The number of hydrogen-bond acceptors (Lipinski definition) is 1. The Kier molecular flexibility index (Phi) is 3.29. The van der Waals surface area contributed by atoms with Gasteiger partial charge in [-0.25, -0.2) is 4.79 Å². The van der Waals surface area contributed by atoms with Crippen LogP contribution in [0.15, 0.2) is 0 Å². The minimum atomic E-state index is -0.463. The zero-order chi connectivity index (χ0) is 7.28. The number of primary amides is 1. The van der Waals surface area contributed by atoms with E-state index in [9.17, 15) is 4.79 Å². The lowest BCUT2D eigenvalue weighted by Crippen LogP contribution is -2.35. The maximum absolute atomic E-state index is 10.4. The molecular formula is C6H10N2O. The lowest BCUT2D eigenvalue weighted by atomic mass is 10.5. The third kappa shape index (κ3) is 2.60. The van der Waals surface area contributed by atoms with E-state index in [2.05, 4.69) is 5.92 Å². The van der Waals surface area contributed by atoms with E-state index in [1.807, 2.05) is 6.92 Å². The second-order valence-electron chi connectivity index (χ2n) is 1.56. The molecule has 0 fully saturated rings. The van der Waals surface area contributed by atoms with E-state index in [1.165, 1.54) is 4.90 Å². The molecule has 0 rings (SSSR count). The van der Waals surface area contributed by atoms with Crippen LogP contribution in [0.25, 0.3) is 0 Å². The molecule has 2 N–H and O–H groups in total. The van der Waals surface area contributed by atoms with Gasteiger partial charge in [0, 0.05) is 6.54 Å². The number of carbonyl (C=O) groups excluding carboxylic acids is 1. The number of amides is 2. The van der Waals surface area contributed by atoms with E-state index >= 15 is 0 Å². The molecular weight excluding hydrogens is 116 g/mol. The number of urea groups is 1. The van der Waals surface area contributed by atoms with Crippen molar-refractivity contribution in [3.8, 4) is 12.3 Å². The molecule has 0 atom stereocenters. The zero-order valence-electron chi connectivity index (χ0n) is 5.42. The summed E-state index contributed by atoms with van der Waals surface area (Å²) in [5.41, 5.74) is 4.92. The van der Waals surface area contributed by atoms with Crippen molar-refractivity contribution in [2.45, 2.75) is 6.92 Å². The van der Waals surface area contributed by atoms with Crippen LogP contribution in [0.2, 0.25) is 0 Å². The van der Waals surface area contributed by atoms with Crippen molar-refractivity contribution in [3.63, 3.8) is 0 Å². The first-order valence-electron chi connectivity index (χ1n) is 2.70. The van der Waals surface area contributed by atoms with Crippen LogP contribution in [0.3, 0.4) is 0 Å². The Hall–Kier alpha value is -1.17. The highest BCUT2D eigenvalue weighted by atomic mass is 16.2. The summed E-state index contributed by atoms with van der Waals surface area (Å²) in [7, 11) is 0.